The van der Waals surface area contributed by atoms with E-state index in [1.165, 1.54) is 27.0 Å². The maximum atomic E-state index is 12.0. The average molecular weight is 440 g/mol. The van der Waals surface area contributed by atoms with Gasteiger partial charge in [0.15, 0.2) is 0 Å². The highest BCUT2D eigenvalue weighted by atomic mass is 16.7. The molecule has 0 spiro atoms. The number of rotatable bonds is 8. The van der Waals surface area contributed by atoms with Gasteiger partial charge in [0.05, 0.1) is 25.9 Å². The average Bonchev–Trinajstić information content (AvgIpc) is 2.76. The molecule has 1 fully saturated rings. The predicted molar refractivity (Wildman–Crippen MR) is 114 cm³/mol. The van der Waals surface area contributed by atoms with Crippen LogP contribution in [0.1, 0.15) is 36.2 Å². The van der Waals surface area contributed by atoms with Gasteiger partial charge in [0.1, 0.15) is 17.1 Å². The Morgan fingerprint density at radius 2 is 1.38 bits per heavy atom. The molecule has 168 valence electrons. The van der Waals surface area contributed by atoms with Crippen molar-refractivity contribution in [3.05, 3.63) is 65.2 Å². The van der Waals surface area contributed by atoms with E-state index in [1.54, 1.807) is 48.5 Å². The van der Waals surface area contributed by atoms with Crippen molar-refractivity contribution in [1.82, 2.24) is 0 Å². The lowest BCUT2D eigenvalue weighted by molar-refractivity contribution is -0.222. The maximum absolute atomic E-state index is 12.0. The molecular weight excluding hydrogens is 416 g/mol. The molecule has 2 aromatic rings. The Hall–Kier alpha value is -3.81. The zero-order chi connectivity index (χ0) is 23.1. The van der Waals surface area contributed by atoms with E-state index in [0.717, 1.165) is 0 Å². The van der Waals surface area contributed by atoms with Crippen molar-refractivity contribution in [1.29, 1.82) is 0 Å². The van der Waals surface area contributed by atoms with Gasteiger partial charge in [-0.25, -0.2) is 14.4 Å². The first-order valence-corrected chi connectivity index (χ1v) is 10.00. The zero-order valence-corrected chi connectivity index (χ0v) is 18.1. The first-order chi connectivity index (χ1) is 15.3. The number of benzene rings is 2. The molecule has 0 bridgehead atoms. The van der Waals surface area contributed by atoms with Gasteiger partial charge in [-0.05, 0) is 48.0 Å². The number of hydrogen-bond acceptors (Lipinski definition) is 8. The molecule has 1 heterocycles. The Labute approximate surface area is 185 Å². The van der Waals surface area contributed by atoms with Gasteiger partial charge < -0.3 is 23.7 Å². The standard InChI is InChI=1S/C24H24O8/c1-24(2)31-22(26)20(23(27)32-24)15-16-5-9-18(10-6-16)29-13-4-14-30-19-11-7-17(8-12-19)21(25)28-3/h5-12,15H,4,13-14H2,1-3H3. The van der Waals surface area contributed by atoms with Crippen molar-refractivity contribution < 1.29 is 38.1 Å². The second-order valence-electron chi connectivity index (χ2n) is 7.37. The summed E-state index contributed by atoms with van der Waals surface area (Å²) in [6.07, 6.45) is 2.07. The summed E-state index contributed by atoms with van der Waals surface area (Å²) in [5.41, 5.74) is 0.942. The van der Waals surface area contributed by atoms with E-state index >= 15 is 0 Å². The molecule has 1 aliphatic heterocycles. The second kappa shape index (κ2) is 10.00. The quantitative estimate of drug-likeness (QED) is 0.266. The summed E-state index contributed by atoms with van der Waals surface area (Å²) in [5.74, 6) is -1.80. The summed E-state index contributed by atoms with van der Waals surface area (Å²) in [5, 5.41) is 0. The van der Waals surface area contributed by atoms with E-state index in [0.29, 0.717) is 42.3 Å². The SMILES string of the molecule is COC(=O)c1ccc(OCCCOc2ccc(C=C3C(=O)OC(C)(C)OC3=O)cc2)cc1. The minimum atomic E-state index is -1.26. The van der Waals surface area contributed by atoms with Crippen LogP contribution in [0.3, 0.4) is 0 Å². The van der Waals surface area contributed by atoms with Crippen LogP contribution >= 0.6 is 0 Å². The highest BCUT2D eigenvalue weighted by molar-refractivity contribution is 6.18. The van der Waals surface area contributed by atoms with Crippen LogP contribution < -0.4 is 9.47 Å². The van der Waals surface area contributed by atoms with Crippen LogP contribution in [0.4, 0.5) is 0 Å². The number of cyclic esters (lactones) is 2. The number of esters is 3. The van der Waals surface area contributed by atoms with Crippen molar-refractivity contribution >= 4 is 24.0 Å². The maximum Gasteiger partial charge on any atom is 0.348 e. The van der Waals surface area contributed by atoms with Gasteiger partial charge in [0.25, 0.3) is 5.79 Å². The van der Waals surface area contributed by atoms with Gasteiger partial charge in [0, 0.05) is 20.3 Å². The Morgan fingerprint density at radius 3 is 1.88 bits per heavy atom. The molecule has 0 unspecified atom stereocenters. The van der Waals surface area contributed by atoms with Crippen LogP contribution in [0.5, 0.6) is 11.5 Å². The van der Waals surface area contributed by atoms with E-state index in [1.807, 2.05) is 0 Å². The highest BCUT2D eigenvalue weighted by Crippen LogP contribution is 2.24. The van der Waals surface area contributed by atoms with Gasteiger partial charge in [-0.3, -0.25) is 0 Å². The number of hydrogen-bond donors (Lipinski definition) is 0. The molecule has 0 aliphatic carbocycles. The predicted octanol–water partition coefficient (Wildman–Crippen LogP) is 3.54. The molecule has 0 saturated carbocycles. The fourth-order valence-electron chi connectivity index (χ4n) is 2.85. The lowest BCUT2D eigenvalue weighted by Gasteiger charge is -2.29. The molecule has 32 heavy (non-hydrogen) atoms. The topological polar surface area (TPSA) is 97.4 Å². The fourth-order valence-corrected chi connectivity index (χ4v) is 2.85. The molecule has 8 nitrogen and oxygen atoms in total. The van der Waals surface area contributed by atoms with Crippen molar-refractivity contribution in [2.24, 2.45) is 0 Å². The number of carbonyl (C=O) groups is 3. The number of carbonyl (C=O) groups excluding carboxylic acids is 3. The van der Waals surface area contributed by atoms with E-state index < -0.39 is 23.7 Å². The summed E-state index contributed by atoms with van der Waals surface area (Å²) < 4.78 is 26.1. The molecule has 8 heteroatoms. The molecule has 0 radical (unpaired) electrons. The second-order valence-corrected chi connectivity index (χ2v) is 7.37. The summed E-state index contributed by atoms with van der Waals surface area (Å²) in [6, 6.07) is 13.6. The molecule has 0 amide bonds. The van der Waals surface area contributed by atoms with Crippen molar-refractivity contribution in [2.75, 3.05) is 20.3 Å². The summed E-state index contributed by atoms with van der Waals surface area (Å²) in [4.78, 5) is 35.4. The zero-order valence-electron chi connectivity index (χ0n) is 18.1. The Bertz CT molecular complexity index is 981. The minimum absolute atomic E-state index is 0.158. The molecule has 2 aromatic carbocycles. The number of methoxy groups -OCH3 is 1. The largest absolute Gasteiger partial charge is 0.493 e. The fraction of sp³-hybridized carbons (Fsp3) is 0.292. The lowest BCUT2D eigenvalue weighted by atomic mass is 10.1. The third-order valence-corrected chi connectivity index (χ3v) is 4.41. The Balaban J connectivity index is 1.44. The summed E-state index contributed by atoms with van der Waals surface area (Å²) in [6.45, 7) is 3.88. The highest BCUT2D eigenvalue weighted by Gasteiger charge is 2.38. The van der Waals surface area contributed by atoms with Gasteiger partial charge in [0.2, 0.25) is 0 Å². The lowest BCUT2D eigenvalue weighted by Crippen LogP contribution is -2.41. The van der Waals surface area contributed by atoms with Crippen molar-refractivity contribution in [2.45, 2.75) is 26.1 Å². The minimum Gasteiger partial charge on any atom is -0.493 e. The Morgan fingerprint density at radius 1 is 0.875 bits per heavy atom. The van der Waals surface area contributed by atoms with E-state index in [2.05, 4.69) is 4.74 Å². The van der Waals surface area contributed by atoms with E-state index in [9.17, 15) is 14.4 Å². The van der Waals surface area contributed by atoms with Crippen LogP contribution in [0.25, 0.3) is 6.08 Å². The number of ether oxygens (including phenoxy) is 5. The molecule has 0 N–H and O–H groups in total. The van der Waals surface area contributed by atoms with E-state index in [4.69, 9.17) is 18.9 Å². The van der Waals surface area contributed by atoms with Crippen molar-refractivity contribution in [3.63, 3.8) is 0 Å². The molecule has 1 saturated heterocycles. The summed E-state index contributed by atoms with van der Waals surface area (Å²) in [7, 11) is 1.33. The van der Waals surface area contributed by atoms with Crippen molar-refractivity contribution in [3.8, 4) is 11.5 Å². The van der Waals surface area contributed by atoms with Crippen LogP contribution in [0.2, 0.25) is 0 Å². The van der Waals surface area contributed by atoms with Crippen LogP contribution in [-0.2, 0) is 23.8 Å². The smallest absolute Gasteiger partial charge is 0.348 e. The summed E-state index contributed by atoms with van der Waals surface area (Å²) >= 11 is 0. The normalized spacial score (nSPS) is 14.8. The van der Waals surface area contributed by atoms with Gasteiger partial charge >= 0.3 is 17.9 Å². The van der Waals surface area contributed by atoms with E-state index in [-0.39, 0.29) is 5.57 Å². The van der Waals surface area contributed by atoms with Crippen LogP contribution in [-0.4, -0.2) is 44.0 Å². The first kappa shape index (κ1) is 22.9. The van der Waals surface area contributed by atoms with Gasteiger partial charge in [-0.15, -0.1) is 0 Å². The first-order valence-electron chi connectivity index (χ1n) is 10.00. The third-order valence-electron chi connectivity index (χ3n) is 4.41. The Kier molecular flexibility index (Phi) is 7.14. The monoisotopic (exact) mass is 440 g/mol. The van der Waals surface area contributed by atoms with Crippen LogP contribution in [0.15, 0.2) is 54.1 Å². The third kappa shape index (κ3) is 6.10. The molecule has 3 rings (SSSR count). The van der Waals surface area contributed by atoms with Gasteiger partial charge in [-0.1, -0.05) is 12.1 Å². The van der Waals surface area contributed by atoms with Crippen LogP contribution in [0, 0.1) is 0 Å². The molecule has 1 aliphatic rings. The molecule has 0 atom stereocenters. The molecule has 0 aromatic heterocycles. The van der Waals surface area contributed by atoms with Gasteiger partial charge in [-0.2, -0.15) is 0 Å². The molecular formula is C24H24O8.